The zero-order valence-electron chi connectivity index (χ0n) is 12.0. The number of nitrogens with zero attached hydrogens (tertiary/aromatic N) is 1. The van der Waals surface area contributed by atoms with E-state index in [-0.39, 0.29) is 11.6 Å². The molecule has 0 aromatic heterocycles. The molecule has 3 N–H and O–H groups in total. The zero-order valence-corrected chi connectivity index (χ0v) is 13.6. The number of nitrogens with one attached hydrogen (secondary N) is 1. The minimum Gasteiger partial charge on any atom is -0.396 e. The van der Waals surface area contributed by atoms with Crippen molar-refractivity contribution < 1.29 is 9.18 Å². The third-order valence-corrected chi connectivity index (χ3v) is 3.84. The summed E-state index contributed by atoms with van der Waals surface area (Å²) in [6.07, 6.45) is 0.856. The first-order chi connectivity index (χ1) is 9.32. The Morgan fingerprint density at radius 2 is 2.15 bits per heavy atom. The van der Waals surface area contributed by atoms with Gasteiger partial charge in [-0.15, -0.1) is 0 Å². The van der Waals surface area contributed by atoms with Gasteiger partial charge in [0.15, 0.2) is 0 Å². The van der Waals surface area contributed by atoms with Crippen molar-refractivity contribution in [2.75, 3.05) is 25.9 Å². The molecular formula is C14H21BrFN3O. The number of nitrogens with two attached hydrogens (primary N) is 1. The van der Waals surface area contributed by atoms with Crippen LogP contribution in [0.15, 0.2) is 16.6 Å². The van der Waals surface area contributed by atoms with Crippen molar-refractivity contribution >= 4 is 27.5 Å². The summed E-state index contributed by atoms with van der Waals surface area (Å²) >= 11 is 3.17. The van der Waals surface area contributed by atoms with Crippen LogP contribution in [0.1, 0.15) is 30.6 Å². The number of carbonyl (C=O) groups is 1. The summed E-state index contributed by atoms with van der Waals surface area (Å²) in [6.45, 7) is 5.72. The topological polar surface area (TPSA) is 58.4 Å². The highest BCUT2D eigenvalue weighted by atomic mass is 79.9. The Balaban J connectivity index is 2.50. The average Bonchev–Trinajstić information content (AvgIpc) is 2.38. The number of hydrogen-bond acceptors (Lipinski definition) is 3. The maximum atomic E-state index is 13.2. The van der Waals surface area contributed by atoms with Gasteiger partial charge in [-0.2, -0.15) is 0 Å². The first kappa shape index (κ1) is 16.9. The summed E-state index contributed by atoms with van der Waals surface area (Å²) in [5.41, 5.74) is 5.79. The molecule has 0 radical (unpaired) electrons. The monoisotopic (exact) mass is 345 g/mol. The molecule has 0 fully saturated rings. The van der Waals surface area contributed by atoms with Crippen molar-refractivity contribution in [1.29, 1.82) is 0 Å². The number of halogens is 2. The van der Waals surface area contributed by atoms with E-state index in [0.29, 0.717) is 22.6 Å². The SMILES string of the molecule is CC(C)N(C)CCCNC(=O)c1cc(N)c(F)cc1Br. The molecule has 0 unspecified atom stereocenters. The first-order valence-corrected chi connectivity index (χ1v) is 7.35. The molecule has 20 heavy (non-hydrogen) atoms. The van der Waals surface area contributed by atoms with Crippen molar-refractivity contribution in [1.82, 2.24) is 10.2 Å². The number of rotatable bonds is 6. The van der Waals surface area contributed by atoms with Gasteiger partial charge in [0, 0.05) is 17.1 Å². The Hall–Kier alpha value is -1.14. The average molecular weight is 346 g/mol. The number of anilines is 1. The summed E-state index contributed by atoms with van der Waals surface area (Å²) in [6, 6.07) is 3.03. The summed E-state index contributed by atoms with van der Waals surface area (Å²) in [5.74, 6) is -0.789. The molecule has 1 rings (SSSR count). The van der Waals surface area contributed by atoms with E-state index in [1.165, 1.54) is 12.1 Å². The summed E-state index contributed by atoms with van der Waals surface area (Å²) in [5, 5.41) is 2.81. The van der Waals surface area contributed by atoms with Gasteiger partial charge in [0.2, 0.25) is 0 Å². The number of benzene rings is 1. The Morgan fingerprint density at radius 3 is 2.75 bits per heavy atom. The molecule has 0 saturated carbocycles. The summed E-state index contributed by atoms with van der Waals surface area (Å²) in [4.78, 5) is 14.2. The molecule has 4 nitrogen and oxygen atoms in total. The highest BCUT2D eigenvalue weighted by Gasteiger charge is 2.13. The van der Waals surface area contributed by atoms with Crippen LogP contribution in [0.25, 0.3) is 0 Å². The molecular weight excluding hydrogens is 325 g/mol. The number of carbonyl (C=O) groups excluding carboxylic acids is 1. The molecule has 1 aromatic rings. The van der Waals surface area contributed by atoms with E-state index in [2.05, 4.69) is 40.0 Å². The van der Waals surface area contributed by atoms with E-state index >= 15 is 0 Å². The standard InChI is InChI=1S/C14H21BrFN3O/c1-9(2)19(3)6-4-5-18-14(20)10-7-13(17)12(16)8-11(10)15/h7-9H,4-6,17H2,1-3H3,(H,18,20). The summed E-state index contributed by atoms with van der Waals surface area (Å²) < 4.78 is 13.6. The lowest BCUT2D eigenvalue weighted by Crippen LogP contribution is -2.31. The highest BCUT2D eigenvalue weighted by molar-refractivity contribution is 9.10. The lowest BCUT2D eigenvalue weighted by molar-refractivity contribution is 0.0951. The Kier molecular flexibility index (Phi) is 6.42. The van der Waals surface area contributed by atoms with Crippen LogP contribution in [0.3, 0.4) is 0 Å². The van der Waals surface area contributed by atoms with E-state index < -0.39 is 5.82 Å². The van der Waals surface area contributed by atoms with Gasteiger partial charge < -0.3 is 16.0 Å². The highest BCUT2D eigenvalue weighted by Crippen LogP contribution is 2.22. The zero-order chi connectivity index (χ0) is 15.3. The van der Waals surface area contributed by atoms with Crippen LogP contribution >= 0.6 is 15.9 Å². The van der Waals surface area contributed by atoms with Gasteiger partial charge in [0.1, 0.15) is 5.82 Å². The minimum atomic E-state index is -0.535. The van der Waals surface area contributed by atoms with E-state index in [0.717, 1.165) is 13.0 Å². The van der Waals surface area contributed by atoms with Crippen LogP contribution in [0.2, 0.25) is 0 Å². The van der Waals surface area contributed by atoms with Gasteiger partial charge in [-0.05, 0) is 61.9 Å². The second-order valence-electron chi connectivity index (χ2n) is 5.04. The van der Waals surface area contributed by atoms with Crippen LogP contribution in [0.5, 0.6) is 0 Å². The van der Waals surface area contributed by atoms with Crippen molar-refractivity contribution in [3.05, 3.63) is 28.0 Å². The molecule has 0 heterocycles. The molecule has 112 valence electrons. The molecule has 0 spiro atoms. The largest absolute Gasteiger partial charge is 0.396 e. The summed E-state index contributed by atoms with van der Waals surface area (Å²) in [7, 11) is 2.05. The van der Waals surface area contributed by atoms with Gasteiger partial charge >= 0.3 is 0 Å². The van der Waals surface area contributed by atoms with Gasteiger partial charge in [-0.25, -0.2) is 4.39 Å². The molecule has 6 heteroatoms. The van der Waals surface area contributed by atoms with E-state index in [9.17, 15) is 9.18 Å². The molecule has 0 saturated heterocycles. The molecule has 0 aliphatic carbocycles. The van der Waals surface area contributed by atoms with Crippen molar-refractivity contribution in [3.8, 4) is 0 Å². The van der Waals surface area contributed by atoms with Gasteiger partial charge in [0.05, 0.1) is 11.3 Å². The molecule has 0 atom stereocenters. The fraction of sp³-hybridized carbons (Fsp3) is 0.500. The van der Waals surface area contributed by atoms with Crippen LogP contribution in [0, 0.1) is 5.82 Å². The lowest BCUT2D eigenvalue weighted by Gasteiger charge is -2.20. The molecule has 0 aliphatic rings. The van der Waals surface area contributed by atoms with E-state index in [1.807, 2.05) is 7.05 Å². The predicted octanol–water partition coefficient (Wildman–Crippen LogP) is 2.63. The van der Waals surface area contributed by atoms with Crippen LogP contribution in [0.4, 0.5) is 10.1 Å². The Labute approximate surface area is 127 Å². The predicted molar refractivity (Wildman–Crippen MR) is 83.2 cm³/mol. The normalized spacial score (nSPS) is 11.2. The number of nitrogen functional groups attached to an aromatic ring is 1. The van der Waals surface area contributed by atoms with Crippen LogP contribution in [-0.2, 0) is 0 Å². The smallest absolute Gasteiger partial charge is 0.252 e. The quantitative estimate of drug-likeness (QED) is 0.615. The Morgan fingerprint density at radius 1 is 1.50 bits per heavy atom. The molecule has 1 amide bonds. The third-order valence-electron chi connectivity index (χ3n) is 3.19. The van der Waals surface area contributed by atoms with Gasteiger partial charge in [-0.1, -0.05) is 0 Å². The van der Waals surface area contributed by atoms with E-state index in [1.54, 1.807) is 0 Å². The second kappa shape index (κ2) is 7.59. The second-order valence-corrected chi connectivity index (χ2v) is 5.89. The Bertz CT molecular complexity index is 480. The molecule has 0 bridgehead atoms. The number of hydrogen-bond donors (Lipinski definition) is 2. The maximum Gasteiger partial charge on any atom is 0.252 e. The minimum absolute atomic E-state index is 0.0297. The number of amides is 1. The van der Waals surface area contributed by atoms with Crippen LogP contribution < -0.4 is 11.1 Å². The fourth-order valence-corrected chi connectivity index (χ4v) is 2.12. The molecule has 0 aliphatic heterocycles. The van der Waals surface area contributed by atoms with Crippen LogP contribution in [-0.4, -0.2) is 37.0 Å². The van der Waals surface area contributed by atoms with E-state index in [4.69, 9.17) is 5.73 Å². The fourth-order valence-electron chi connectivity index (χ4n) is 1.62. The third kappa shape index (κ3) is 4.76. The van der Waals surface area contributed by atoms with Crippen molar-refractivity contribution in [3.63, 3.8) is 0 Å². The molecule has 1 aromatic carbocycles. The van der Waals surface area contributed by atoms with Crippen molar-refractivity contribution in [2.24, 2.45) is 0 Å². The lowest BCUT2D eigenvalue weighted by atomic mass is 10.2. The van der Waals surface area contributed by atoms with Gasteiger partial charge in [0.25, 0.3) is 5.91 Å². The van der Waals surface area contributed by atoms with Gasteiger partial charge in [-0.3, -0.25) is 4.79 Å². The van der Waals surface area contributed by atoms with Crippen molar-refractivity contribution in [2.45, 2.75) is 26.3 Å². The maximum absolute atomic E-state index is 13.2. The first-order valence-electron chi connectivity index (χ1n) is 6.56.